The number of allylic oxidation sites excluding steroid dienone is 1. The van der Waals surface area contributed by atoms with Gasteiger partial charge in [-0.2, -0.15) is 0 Å². The number of sulfonamides is 1. The fraction of sp³-hybridized carbons (Fsp3) is 0.148. The molecule has 0 amide bonds. The van der Waals surface area contributed by atoms with E-state index in [0.29, 0.717) is 22.6 Å². The predicted molar refractivity (Wildman–Crippen MR) is 139 cm³/mol. The van der Waals surface area contributed by atoms with Crippen molar-refractivity contribution in [2.75, 3.05) is 21.3 Å². The van der Waals surface area contributed by atoms with Crippen LogP contribution >= 0.6 is 0 Å². The van der Waals surface area contributed by atoms with Gasteiger partial charge in [-0.25, -0.2) is 8.42 Å². The van der Waals surface area contributed by atoms with Gasteiger partial charge >= 0.3 is 0 Å². The molecule has 4 aromatic rings. The molecule has 0 aliphatic carbocycles. The summed E-state index contributed by atoms with van der Waals surface area (Å²) >= 11 is 0. The SMILES string of the molecule is CONS(=O)(=O)c1ccc(C(=O)/C=C/c2cc(-c3cc4ccccc4n3C)c(OC)cc2OC)cc1. The number of carbonyl (C=O) groups is 1. The number of fused-ring (bicyclic) bond motifs is 1. The maximum absolute atomic E-state index is 12.8. The van der Waals surface area contributed by atoms with Crippen LogP contribution in [0.4, 0.5) is 0 Å². The largest absolute Gasteiger partial charge is 0.496 e. The van der Waals surface area contributed by atoms with Crippen molar-refractivity contribution in [1.29, 1.82) is 0 Å². The molecule has 0 aliphatic rings. The summed E-state index contributed by atoms with van der Waals surface area (Å²) in [5.74, 6) is 0.899. The lowest BCUT2D eigenvalue weighted by Gasteiger charge is -2.14. The van der Waals surface area contributed by atoms with E-state index < -0.39 is 10.0 Å². The normalized spacial score (nSPS) is 11.8. The monoisotopic (exact) mass is 506 g/mol. The van der Waals surface area contributed by atoms with Gasteiger partial charge in [0.1, 0.15) is 11.5 Å². The Hall–Kier alpha value is -3.92. The van der Waals surface area contributed by atoms with Gasteiger partial charge in [-0.3, -0.25) is 9.63 Å². The lowest BCUT2D eigenvalue weighted by atomic mass is 10.0. The summed E-state index contributed by atoms with van der Waals surface area (Å²) in [4.78, 5) is 19.2. The van der Waals surface area contributed by atoms with E-state index in [9.17, 15) is 13.2 Å². The average molecular weight is 507 g/mol. The first-order valence-electron chi connectivity index (χ1n) is 11.0. The summed E-state index contributed by atoms with van der Waals surface area (Å²) in [5.41, 5.74) is 3.92. The molecule has 0 saturated heterocycles. The molecule has 8 nitrogen and oxygen atoms in total. The Morgan fingerprint density at radius 2 is 1.61 bits per heavy atom. The number of ether oxygens (including phenoxy) is 2. The van der Waals surface area contributed by atoms with Gasteiger partial charge < -0.3 is 14.0 Å². The van der Waals surface area contributed by atoms with E-state index in [2.05, 4.69) is 27.6 Å². The predicted octanol–water partition coefficient (Wildman–Crippen LogP) is 4.60. The van der Waals surface area contributed by atoms with Crippen LogP contribution in [0.2, 0.25) is 0 Å². The Morgan fingerprint density at radius 1 is 0.917 bits per heavy atom. The highest BCUT2D eigenvalue weighted by Gasteiger charge is 2.17. The maximum Gasteiger partial charge on any atom is 0.262 e. The van der Waals surface area contributed by atoms with Crippen molar-refractivity contribution in [2.45, 2.75) is 4.90 Å². The third-order valence-corrected chi connectivity index (χ3v) is 7.11. The number of benzene rings is 3. The van der Waals surface area contributed by atoms with E-state index >= 15 is 0 Å². The van der Waals surface area contributed by atoms with Crippen LogP contribution in [0.5, 0.6) is 11.5 Å². The van der Waals surface area contributed by atoms with Gasteiger partial charge in [0.15, 0.2) is 5.78 Å². The Labute approximate surface area is 209 Å². The molecule has 0 aliphatic heterocycles. The lowest BCUT2D eigenvalue weighted by Crippen LogP contribution is -2.22. The van der Waals surface area contributed by atoms with E-state index in [0.717, 1.165) is 22.2 Å². The number of ketones is 1. The van der Waals surface area contributed by atoms with Gasteiger partial charge in [0.05, 0.1) is 31.9 Å². The number of methoxy groups -OCH3 is 2. The Balaban J connectivity index is 1.69. The zero-order valence-electron chi connectivity index (χ0n) is 20.3. The minimum Gasteiger partial charge on any atom is -0.496 e. The van der Waals surface area contributed by atoms with E-state index in [-0.39, 0.29) is 10.7 Å². The molecule has 0 saturated carbocycles. The first-order chi connectivity index (χ1) is 17.3. The molecule has 9 heteroatoms. The molecule has 0 radical (unpaired) electrons. The number of aryl methyl sites for hydroxylation is 1. The minimum absolute atomic E-state index is 0.0127. The van der Waals surface area contributed by atoms with Crippen LogP contribution in [0.3, 0.4) is 0 Å². The average Bonchev–Trinajstić information content (AvgIpc) is 3.23. The molecule has 36 heavy (non-hydrogen) atoms. The molecule has 3 aromatic carbocycles. The molecule has 1 N–H and O–H groups in total. The topological polar surface area (TPSA) is 95.9 Å². The van der Waals surface area contributed by atoms with E-state index in [1.54, 1.807) is 26.4 Å². The van der Waals surface area contributed by atoms with Gasteiger partial charge in [-0.1, -0.05) is 23.1 Å². The highest BCUT2D eigenvalue weighted by molar-refractivity contribution is 7.89. The van der Waals surface area contributed by atoms with Crippen molar-refractivity contribution in [3.05, 3.63) is 83.9 Å². The van der Waals surface area contributed by atoms with Crippen LogP contribution in [0.25, 0.3) is 28.2 Å². The Kier molecular flexibility index (Phi) is 7.25. The molecule has 4 rings (SSSR count). The number of carbonyl (C=O) groups excluding carboxylic acids is 1. The van der Waals surface area contributed by atoms with E-state index in [1.165, 1.54) is 37.5 Å². The van der Waals surface area contributed by atoms with Crippen LogP contribution in [-0.2, 0) is 21.9 Å². The second-order valence-corrected chi connectivity index (χ2v) is 9.60. The van der Waals surface area contributed by atoms with Crippen LogP contribution < -0.4 is 14.4 Å². The van der Waals surface area contributed by atoms with Crippen molar-refractivity contribution >= 4 is 32.8 Å². The number of rotatable bonds is 9. The highest BCUT2D eigenvalue weighted by Crippen LogP contribution is 2.38. The van der Waals surface area contributed by atoms with Crippen molar-refractivity contribution in [2.24, 2.45) is 7.05 Å². The molecular weight excluding hydrogens is 480 g/mol. The molecule has 0 spiro atoms. The number of para-hydroxylation sites is 1. The smallest absolute Gasteiger partial charge is 0.262 e. The van der Waals surface area contributed by atoms with Gasteiger partial charge in [0, 0.05) is 40.7 Å². The Morgan fingerprint density at radius 3 is 2.25 bits per heavy atom. The quantitative estimate of drug-likeness (QED) is 0.203. The molecule has 0 fully saturated rings. The van der Waals surface area contributed by atoms with Crippen LogP contribution in [0, 0.1) is 0 Å². The van der Waals surface area contributed by atoms with Crippen molar-refractivity contribution in [1.82, 2.24) is 9.45 Å². The molecular formula is C27H26N2O6S. The third kappa shape index (κ3) is 4.90. The van der Waals surface area contributed by atoms with Gasteiger partial charge in [0.2, 0.25) is 0 Å². The summed E-state index contributed by atoms with van der Waals surface area (Å²) in [5, 5.41) is 1.10. The standard InChI is InChI=1S/C27H26N2O6S/c1-29-23-8-6-5-7-19(23)16-24(29)22-15-20(26(33-2)17-27(22)34-3)11-14-25(30)18-9-12-21(13-10-18)36(31,32)28-35-4/h5-17,28H,1-4H3/b14-11+. The number of nitrogens with one attached hydrogen (secondary N) is 1. The number of hydrogen-bond acceptors (Lipinski definition) is 6. The molecule has 186 valence electrons. The number of aromatic nitrogens is 1. The maximum atomic E-state index is 12.8. The molecule has 1 heterocycles. The molecule has 1 aromatic heterocycles. The Bertz CT molecular complexity index is 1550. The van der Waals surface area contributed by atoms with Gasteiger partial charge in [0.25, 0.3) is 10.0 Å². The van der Waals surface area contributed by atoms with Crippen molar-refractivity contribution in [3.8, 4) is 22.8 Å². The van der Waals surface area contributed by atoms with E-state index in [4.69, 9.17) is 9.47 Å². The van der Waals surface area contributed by atoms with E-state index in [1.807, 2.05) is 30.1 Å². The van der Waals surface area contributed by atoms with Gasteiger partial charge in [-0.05, 0) is 54.6 Å². The minimum atomic E-state index is -3.80. The second kappa shape index (κ2) is 10.4. The fourth-order valence-electron chi connectivity index (χ4n) is 4.02. The molecule has 0 unspecified atom stereocenters. The second-order valence-electron chi connectivity index (χ2n) is 7.95. The van der Waals surface area contributed by atoms with Gasteiger partial charge in [-0.15, -0.1) is 0 Å². The zero-order chi connectivity index (χ0) is 25.9. The van der Waals surface area contributed by atoms with Crippen molar-refractivity contribution < 1.29 is 27.5 Å². The van der Waals surface area contributed by atoms with Crippen LogP contribution in [0.15, 0.2) is 77.7 Å². The molecule has 0 atom stereocenters. The zero-order valence-corrected chi connectivity index (χ0v) is 21.1. The summed E-state index contributed by atoms with van der Waals surface area (Å²) in [7, 11) is 2.56. The van der Waals surface area contributed by atoms with Crippen LogP contribution in [-0.4, -0.2) is 40.1 Å². The number of nitrogens with zero attached hydrogens (tertiary/aromatic N) is 1. The summed E-state index contributed by atoms with van der Waals surface area (Å²) in [6.45, 7) is 0. The summed E-state index contributed by atoms with van der Waals surface area (Å²) in [6.07, 6.45) is 3.09. The molecule has 0 bridgehead atoms. The summed E-state index contributed by atoms with van der Waals surface area (Å²) < 4.78 is 37.3. The lowest BCUT2D eigenvalue weighted by molar-refractivity contribution is 0.104. The highest BCUT2D eigenvalue weighted by atomic mass is 32.2. The fourth-order valence-corrected chi connectivity index (χ4v) is 4.83. The first-order valence-corrected chi connectivity index (χ1v) is 12.5. The van der Waals surface area contributed by atoms with Crippen molar-refractivity contribution in [3.63, 3.8) is 0 Å². The first kappa shape index (κ1) is 25.2. The van der Waals surface area contributed by atoms with Crippen LogP contribution in [0.1, 0.15) is 15.9 Å². The third-order valence-electron chi connectivity index (χ3n) is 5.84. The number of hydrogen-bond donors (Lipinski definition) is 1. The summed E-state index contributed by atoms with van der Waals surface area (Å²) in [6, 6.07) is 19.5.